The zero-order valence-corrected chi connectivity index (χ0v) is 8.64. The molecule has 1 saturated carbocycles. The van der Waals surface area contributed by atoms with Crippen LogP contribution in [0.1, 0.15) is 36.5 Å². The maximum atomic E-state index is 2.30. The number of hydrogen-bond acceptors (Lipinski definition) is 0. The summed E-state index contributed by atoms with van der Waals surface area (Å²) in [5.41, 5.74) is 4.65. The molecule has 1 fully saturated rings. The smallest absolute Gasteiger partial charge is 0.0248 e. The fourth-order valence-corrected chi connectivity index (χ4v) is 1.97. The molecule has 0 radical (unpaired) electrons. The van der Waals surface area contributed by atoms with E-state index in [1.165, 1.54) is 36.8 Å². The lowest BCUT2D eigenvalue weighted by molar-refractivity contribution is 0.822. The summed E-state index contributed by atoms with van der Waals surface area (Å²) in [4.78, 5) is 0. The van der Waals surface area contributed by atoms with Crippen molar-refractivity contribution in [3.05, 3.63) is 34.9 Å². The van der Waals surface area contributed by atoms with Crippen LogP contribution in [0.3, 0.4) is 0 Å². The Hall–Kier alpha value is -0.780. The highest BCUT2D eigenvalue weighted by Crippen LogP contribution is 2.33. The van der Waals surface area contributed by atoms with E-state index in [2.05, 4.69) is 32.0 Å². The van der Waals surface area contributed by atoms with E-state index in [0.717, 1.165) is 5.92 Å². The van der Waals surface area contributed by atoms with Gasteiger partial charge in [-0.25, -0.2) is 0 Å². The minimum absolute atomic E-state index is 1.01. The van der Waals surface area contributed by atoms with Gasteiger partial charge in [0.15, 0.2) is 0 Å². The van der Waals surface area contributed by atoms with Crippen LogP contribution in [0.2, 0.25) is 0 Å². The third-order valence-electron chi connectivity index (χ3n) is 3.14. The molecule has 0 aromatic heterocycles. The van der Waals surface area contributed by atoms with Crippen LogP contribution < -0.4 is 0 Å². The predicted molar refractivity (Wildman–Crippen MR) is 57.0 cm³/mol. The summed E-state index contributed by atoms with van der Waals surface area (Å²) in [7, 11) is 0. The number of aryl methyl sites for hydroxylation is 1. The fourth-order valence-electron chi connectivity index (χ4n) is 1.97. The van der Waals surface area contributed by atoms with Crippen LogP contribution in [-0.2, 0) is 12.8 Å². The van der Waals surface area contributed by atoms with Gasteiger partial charge in [-0.1, -0.05) is 25.1 Å². The molecule has 0 heterocycles. The SMILES string of the molecule is CCc1cccc(CC2CC2)c1C. The standard InChI is InChI=1S/C13H18/c1-3-12-5-4-6-13(10(12)2)9-11-7-8-11/h4-6,11H,3,7-9H2,1-2H3. The second-order valence-corrected chi connectivity index (χ2v) is 4.20. The molecule has 2 rings (SSSR count). The Balaban J connectivity index is 2.22. The van der Waals surface area contributed by atoms with Crippen molar-refractivity contribution >= 4 is 0 Å². The Kier molecular flexibility index (Phi) is 2.39. The van der Waals surface area contributed by atoms with E-state index in [-0.39, 0.29) is 0 Å². The molecule has 0 aliphatic heterocycles. The summed E-state index contributed by atoms with van der Waals surface area (Å²) in [5, 5.41) is 0. The summed E-state index contributed by atoms with van der Waals surface area (Å²) in [6.45, 7) is 4.51. The highest BCUT2D eigenvalue weighted by molar-refractivity contribution is 5.34. The molecular formula is C13H18. The van der Waals surface area contributed by atoms with Gasteiger partial charge in [0, 0.05) is 0 Å². The van der Waals surface area contributed by atoms with E-state index >= 15 is 0 Å². The van der Waals surface area contributed by atoms with Gasteiger partial charge in [0.2, 0.25) is 0 Å². The van der Waals surface area contributed by atoms with Crippen LogP contribution in [0, 0.1) is 12.8 Å². The normalized spacial score (nSPS) is 16.2. The first-order chi connectivity index (χ1) is 6.31. The minimum Gasteiger partial charge on any atom is -0.0617 e. The molecule has 0 nitrogen and oxygen atoms in total. The van der Waals surface area contributed by atoms with Crippen molar-refractivity contribution in [2.45, 2.75) is 39.5 Å². The van der Waals surface area contributed by atoms with E-state index in [1.54, 1.807) is 5.56 Å². The van der Waals surface area contributed by atoms with Crippen molar-refractivity contribution in [1.82, 2.24) is 0 Å². The molecule has 13 heavy (non-hydrogen) atoms. The lowest BCUT2D eigenvalue weighted by Gasteiger charge is -2.08. The van der Waals surface area contributed by atoms with E-state index in [4.69, 9.17) is 0 Å². The van der Waals surface area contributed by atoms with Crippen molar-refractivity contribution in [1.29, 1.82) is 0 Å². The molecular weight excluding hydrogens is 156 g/mol. The van der Waals surface area contributed by atoms with Crippen molar-refractivity contribution in [2.75, 3.05) is 0 Å². The molecule has 0 unspecified atom stereocenters. The molecule has 0 bridgehead atoms. The predicted octanol–water partition coefficient (Wildman–Crippen LogP) is 3.51. The summed E-state index contributed by atoms with van der Waals surface area (Å²) in [5.74, 6) is 1.01. The molecule has 0 saturated heterocycles. The van der Waals surface area contributed by atoms with Crippen molar-refractivity contribution in [2.24, 2.45) is 5.92 Å². The quantitative estimate of drug-likeness (QED) is 0.658. The first-order valence-corrected chi connectivity index (χ1v) is 5.38. The summed E-state index contributed by atoms with van der Waals surface area (Å²) in [6, 6.07) is 6.77. The Morgan fingerprint density at radius 2 is 1.92 bits per heavy atom. The molecule has 0 amide bonds. The third-order valence-corrected chi connectivity index (χ3v) is 3.14. The zero-order chi connectivity index (χ0) is 9.26. The highest BCUT2D eigenvalue weighted by Gasteiger charge is 2.22. The van der Waals surface area contributed by atoms with Gasteiger partial charge in [-0.2, -0.15) is 0 Å². The largest absolute Gasteiger partial charge is 0.0617 e. The highest BCUT2D eigenvalue weighted by atomic mass is 14.3. The third kappa shape index (κ3) is 1.93. The minimum atomic E-state index is 1.01. The van der Waals surface area contributed by atoms with Crippen molar-refractivity contribution < 1.29 is 0 Å². The average molecular weight is 174 g/mol. The van der Waals surface area contributed by atoms with Crippen LogP contribution in [0.15, 0.2) is 18.2 Å². The van der Waals surface area contributed by atoms with Crippen LogP contribution in [0.25, 0.3) is 0 Å². The molecule has 1 aromatic rings. The van der Waals surface area contributed by atoms with Gasteiger partial charge in [-0.05, 0) is 55.2 Å². The summed E-state index contributed by atoms with van der Waals surface area (Å²) < 4.78 is 0. The second kappa shape index (κ2) is 3.53. The number of hydrogen-bond donors (Lipinski definition) is 0. The van der Waals surface area contributed by atoms with Crippen LogP contribution >= 0.6 is 0 Å². The van der Waals surface area contributed by atoms with Crippen molar-refractivity contribution in [3.8, 4) is 0 Å². The number of benzene rings is 1. The Morgan fingerprint density at radius 1 is 1.23 bits per heavy atom. The molecule has 1 aliphatic carbocycles. The molecule has 70 valence electrons. The Bertz CT molecular complexity index is 295. The van der Waals surface area contributed by atoms with Gasteiger partial charge in [-0.15, -0.1) is 0 Å². The molecule has 0 N–H and O–H groups in total. The lowest BCUT2D eigenvalue weighted by Crippen LogP contribution is -1.95. The molecule has 1 aromatic carbocycles. The zero-order valence-electron chi connectivity index (χ0n) is 8.64. The van der Waals surface area contributed by atoms with Crippen LogP contribution in [0.4, 0.5) is 0 Å². The van der Waals surface area contributed by atoms with Gasteiger partial charge >= 0.3 is 0 Å². The second-order valence-electron chi connectivity index (χ2n) is 4.20. The van der Waals surface area contributed by atoms with Crippen LogP contribution in [0.5, 0.6) is 0 Å². The average Bonchev–Trinajstić information content (AvgIpc) is 2.92. The maximum absolute atomic E-state index is 2.30. The molecule has 0 spiro atoms. The van der Waals surface area contributed by atoms with Gasteiger partial charge in [0.05, 0.1) is 0 Å². The summed E-state index contributed by atoms with van der Waals surface area (Å²) in [6.07, 6.45) is 5.40. The topological polar surface area (TPSA) is 0 Å². The van der Waals surface area contributed by atoms with E-state index in [0.29, 0.717) is 0 Å². The first kappa shape index (κ1) is 8.80. The number of rotatable bonds is 3. The van der Waals surface area contributed by atoms with Crippen molar-refractivity contribution in [3.63, 3.8) is 0 Å². The summed E-state index contributed by atoms with van der Waals surface area (Å²) >= 11 is 0. The Morgan fingerprint density at radius 3 is 2.54 bits per heavy atom. The first-order valence-electron chi connectivity index (χ1n) is 5.38. The monoisotopic (exact) mass is 174 g/mol. The van der Waals surface area contributed by atoms with E-state index in [1.807, 2.05) is 0 Å². The van der Waals surface area contributed by atoms with Gasteiger partial charge in [0.1, 0.15) is 0 Å². The molecule has 0 heteroatoms. The van der Waals surface area contributed by atoms with E-state index < -0.39 is 0 Å². The van der Waals surface area contributed by atoms with Gasteiger partial charge in [0.25, 0.3) is 0 Å². The van der Waals surface area contributed by atoms with Gasteiger partial charge < -0.3 is 0 Å². The van der Waals surface area contributed by atoms with E-state index in [9.17, 15) is 0 Å². The molecule has 0 atom stereocenters. The van der Waals surface area contributed by atoms with Gasteiger partial charge in [-0.3, -0.25) is 0 Å². The molecule has 1 aliphatic rings. The van der Waals surface area contributed by atoms with Crippen LogP contribution in [-0.4, -0.2) is 0 Å². The fraction of sp³-hybridized carbons (Fsp3) is 0.538. The Labute approximate surface area is 81.0 Å². The lowest BCUT2D eigenvalue weighted by atomic mass is 9.97. The maximum Gasteiger partial charge on any atom is -0.0248 e.